The third-order valence-corrected chi connectivity index (χ3v) is 4.43. The number of pyridine rings is 1. The molecule has 0 aliphatic heterocycles. The fourth-order valence-electron chi connectivity index (χ4n) is 1.94. The van der Waals surface area contributed by atoms with Crippen LogP contribution in [0.1, 0.15) is 11.7 Å². The lowest BCUT2D eigenvalue weighted by molar-refractivity contribution is 0.0477. The highest BCUT2D eigenvalue weighted by atomic mass is 32.2. The van der Waals surface area contributed by atoms with Gasteiger partial charge in [-0.15, -0.1) is 0 Å². The Morgan fingerprint density at radius 2 is 1.75 bits per heavy atom. The Hall–Kier alpha value is -3.16. The number of carbonyl (C=O) groups is 1. The first-order valence-electron chi connectivity index (χ1n) is 7.36. The summed E-state index contributed by atoms with van der Waals surface area (Å²) in [6.45, 7) is 0. The number of amides is 2. The van der Waals surface area contributed by atoms with Crippen molar-refractivity contribution >= 4 is 22.0 Å². The summed E-state index contributed by atoms with van der Waals surface area (Å²) in [5.74, 6) is -0.357. The van der Waals surface area contributed by atoms with Crippen LogP contribution in [0.15, 0.2) is 29.4 Å². The van der Waals surface area contributed by atoms with Crippen LogP contribution in [0.2, 0.25) is 0 Å². The molecule has 2 aromatic heterocycles. The highest BCUT2D eigenvalue weighted by molar-refractivity contribution is 7.90. The van der Waals surface area contributed by atoms with E-state index in [-0.39, 0.29) is 17.7 Å². The third kappa shape index (κ3) is 4.97. The predicted molar refractivity (Wildman–Crippen MR) is 88.6 cm³/mol. The van der Waals surface area contributed by atoms with Crippen LogP contribution in [0, 0.1) is 0 Å². The molecular weight excluding hydrogens is 407 g/mol. The quantitative estimate of drug-likeness (QED) is 0.690. The largest absolute Gasteiger partial charge is 0.481 e. The highest BCUT2D eigenvalue weighted by Crippen LogP contribution is 2.28. The molecule has 2 N–H and O–H groups in total. The zero-order chi connectivity index (χ0) is 20.9. The zero-order valence-electron chi connectivity index (χ0n) is 14.4. The number of carbonyl (C=O) groups excluding carboxylic acids is 1. The van der Waals surface area contributed by atoms with Crippen LogP contribution in [-0.4, -0.2) is 50.0 Å². The maximum atomic E-state index is 13.7. The summed E-state index contributed by atoms with van der Waals surface area (Å²) in [7, 11) is -2.21. The van der Waals surface area contributed by atoms with Crippen LogP contribution in [0.25, 0.3) is 0 Å². The van der Waals surface area contributed by atoms with E-state index < -0.39 is 39.2 Å². The summed E-state index contributed by atoms with van der Waals surface area (Å²) in [6, 6.07) is 1.86. The lowest BCUT2D eigenvalue weighted by atomic mass is 10.2. The number of hydrogen-bond acceptors (Lipinski definition) is 8. The van der Waals surface area contributed by atoms with Crippen LogP contribution >= 0.6 is 0 Å². The van der Waals surface area contributed by atoms with Crippen molar-refractivity contribution in [1.82, 2.24) is 19.7 Å². The van der Waals surface area contributed by atoms with E-state index in [1.54, 1.807) is 0 Å². The van der Waals surface area contributed by atoms with Gasteiger partial charge in [0.2, 0.25) is 17.7 Å². The van der Waals surface area contributed by atoms with Gasteiger partial charge in [-0.3, -0.25) is 5.32 Å². The van der Waals surface area contributed by atoms with Crippen molar-refractivity contribution in [2.75, 3.05) is 19.5 Å². The molecule has 2 aromatic rings. The summed E-state index contributed by atoms with van der Waals surface area (Å²) >= 11 is 0. The summed E-state index contributed by atoms with van der Waals surface area (Å²) in [5.41, 5.74) is -0.892. The summed E-state index contributed by atoms with van der Waals surface area (Å²) in [6.07, 6.45) is -5.44. The Morgan fingerprint density at radius 1 is 1.14 bits per heavy atom. The first kappa shape index (κ1) is 21.1. The topological polar surface area (TPSA) is 132 Å². The van der Waals surface area contributed by atoms with E-state index in [9.17, 15) is 26.4 Å². The van der Waals surface area contributed by atoms with Gasteiger partial charge in [0.05, 0.1) is 20.3 Å². The maximum absolute atomic E-state index is 13.7. The lowest BCUT2D eigenvalue weighted by Crippen LogP contribution is -2.36. The van der Waals surface area contributed by atoms with E-state index in [0.29, 0.717) is 0 Å². The second-order valence-corrected chi connectivity index (χ2v) is 6.57. The van der Waals surface area contributed by atoms with Crippen molar-refractivity contribution in [1.29, 1.82) is 0 Å². The van der Waals surface area contributed by atoms with Crippen LogP contribution in [0.5, 0.6) is 11.8 Å². The van der Waals surface area contributed by atoms with E-state index in [1.807, 2.05) is 5.32 Å². The van der Waals surface area contributed by atoms with Crippen molar-refractivity contribution in [3.63, 3.8) is 0 Å². The number of nitrogens with zero attached hydrogens (tertiary/aromatic N) is 3. The van der Waals surface area contributed by atoms with E-state index in [1.165, 1.54) is 25.0 Å². The Morgan fingerprint density at radius 3 is 2.29 bits per heavy atom. The van der Waals surface area contributed by atoms with Crippen molar-refractivity contribution in [2.45, 2.75) is 17.6 Å². The summed E-state index contributed by atoms with van der Waals surface area (Å²) < 4.78 is 74.8. The van der Waals surface area contributed by atoms with Gasteiger partial charge < -0.3 is 9.47 Å². The first-order chi connectivity index (χ1) is 13.2. The van der Waals surface area contributed by atoms with Gasteiger partial charge in [-0.1, -0.05) is 6.07 Å². The van der Waals surface area contributed by atoms with E-state index in [0.717, 1.165) is 18.3 Å². The number of urea groups is 1. The van der Waals surface area contributed by atoms with Gasteiger partial charge in [-0.05, 0) is 6.07 Å². The van der Waals surface area contributed by atoms with Gasteiger partial charge in [0.1, 0.15) is 0 Å². The van der Waals surface area contributed by atoms with Gasteiger partial charge in [0.15, 0.2) is 11.2 Å². The molecule has 28 heavy (non-hydrogen) atoms. The molecular formula is C14H14F3N5O5S. The fraction of sp³-hybridized carbons (Fsp3) is 0.286. The van der Waals surface area contributed by atoms with Gasteiger partial charge in [-0.2, -0.15) is 18.4 Å². The number of halogens is 3. The molecule has 0 bridgehead atoms. The number of hydrogen-bond donors (Lipinski definition) is 2. The molecule has 0 saturated heterocycles. The number of methoxy groups -OCH3 is 2. The standard InChI is InChI=1S/C14H14F3N5O5S/c1-26-8-6-9(27-2)20-13(19-8)21-14(23)22-28(24,25)12-7(4-3-5-18-12)10(15)11(16)17/h3-6,10-11H,1-2H3,(H2,19,20,21,22,23). The number of anilines is 1. The minimum Gasteiger partial charge on any atom is -0.481 e. The lowest BCUT2D eigenvalue weighted by Gasteiger charge is -2.13. The Balaban J connectivity index is 2.25. The molecule has 0 aliphatic rings. The number of aromatic nitrogens is 3. The summed E-state index contributed by atoms with van der Waals surface area (Å²) in [4.78, 5) is 22.9. The van der Waals surface area contributed by atoms with Crippen molar-refractivity contribution in [2.24, 2.45) is 0 Å². The second kappa shape index (κ2) is 8.69. The molecule has 2 amide bonds. The number of sulfonamides is 1. The average molecular weight is 421 g/mol. The Kier molecular flexibility index (Phi) is 6.56. The molecule has 0 radical (unpaired) electrons. The molecule has 1 atom stereocenters. The minimum absolute atomic E-state index is 0.00854. The van der Waals surface area contributed by atoms with Gasteiger partial charge in [-0.25, -0.2) is 27.7 Å². The second-order valence-electron chi connectivity index (χ2n) is 4.97. The number of ether oxygens (including phenoxy) is 2. The number of alkyl halides is 3. The van der Waals surface area contributed by atoms with Crippen LogP contribution in [0.3, 0.4) is 0 Å². The molecule has 0 aromatic carbocycles. The van der Waals surface area contributed by atoms with Crippen molar-refractivity contribution in [3.8, 4) is 11.8 Å². The molecule has 1 unspecified atom stereocenters. The molecule has 0 fully saturated rings. The normalized spacial score (nSPS) is 12.4. The van der Waals surface area contributed by atoms with Gasteiger partial charge in [0, 0.05) is 11.8 Å². The van der Waals surface area contributed by atoms with E-state index in [2.05, 4.69) is 15.0 Å². The van der Waals surface area contributed by atoms with E-state index >= 15 is 0 Å². The van der Waals surface area contributed by atoms with Crippen LogP contribution in [-0.2, 0) is 10.0 Å². The highest BCUT2D eigenvalue weighted by Gasteiger charge is 2.31. The predicted octanol–water partition coefficient (Wildman–Crippen LogP) is 1.67. The fourth-order valence-corrected chi connectivity index (χ4v) is 3.02. The molecule has 10 nitrogen and oxygen atoms in total. The monoisotopic (exact) mass is 421 g/mol. The first-order valence-corrected chi connectivity index (χ1v) is 8.84. The smallest absolute Gasteiger partial charge is 0.335 e. The molecule has 2 rings (SSSR count). The van der Waals surface area contributed by atoms with Gasteiger partial charge in [0.25, 0.3) is 16.4 Å². The number of rotatable bonds is 7. The molecule has 14 heteroatoms. The Labute approximate surface area is 157 Å². The van der Waals surface area contributed by atoms with Crippen molar-refractivity contribution < 1.29 is 35.9 Å². The minimum atomic E-state index is -4.78. The third-order valence-electron chi connectivity index (χ3n) is 3.12. The molecule has 152 valence electrons. The SMILES string of the molecule is COc1cc(OC)nc(NC(=O)NS(=O)(=O)c2ncccc2C(F)C(F)F)n1. The zero-order valence-corrected chi connectivity index (χ0v) is 15.2. The molecule has 0 saturated carbocycles. The molecule has 2 heterocycles. The van der Waals surface area contributed by atoms with Crippen molar-refractivity contribution in [3.05, 3.63) is 30.0 Å². The van der Waals surface area contributed by atoms with Crippen LogP contribution in [0.4, 0.5) is 23.9 Å². The Bertz CT molecular complexity index is 938. The molecule has 0 aliphatic carbocycles. The average Bonchev–Trinajstić information content (AvgIpc) is 2.66. The van der Waals surface area contributed by atoms with E-state index in [4.69, 9.17) is 9.47 Å². The maximum Gasteiger partial charge on any atom is 0.335 e. The molecule has 0 spiro atoms. The number of nitrogens with one attached hydrogen (secondary N) is 2. The van der Waals surface area contributed by atoms with Crippen LogP contribution < -0.4 is 19.5 Å². The summed E-state index contributed by atoms with van der Waals surface area (Å²) in [5, 5.41) is 0.954. The van der Waals surface area contributed by atoms with Gasteiger partial charge >= 0.3 is 6.03 Å².